The number of thioether (sulfide) groups is 1. The van der Waals surface area contributed by atoms with Gasteiger partial charge in [0.2, 0.25) is 0 Å². The summed E-state index contributed by atoms with van der Waals surface area (Å²) in [6.45, 7) is 1.76. The average Bonchev–Trinajstić information content (AvgIpc) is 1.64. The van der Waals surface area contributed by atoms with Crippen molar-refractivity contribution in [2.24, 2.45) is 5.73 Å². The van der Waals surface area contributed by atoms with Gasteiger partial charge in [-0.25, -0.2) is 0 Å². The molecule has 1 atom stereocenters. The van der Waals surface area contributed by atoms with E-state index in [9.17, 15) is 4.21 Å². The Bertz CT molecular complexity index is 149. The van der Waals surface area contributed by atoms with Gasteiger partial charge in [0.05, 0.1) is 15.0 Å². The van der Waals surface area contributed by atoms with Crippen LogP contribution in [0.3, 0.4) is 0 Å². The van der Waals surface area contributed by atoms with E-state index >= 15 is 0 Å². The molecular weight excluding hydrogens is 154 g/mol. The van der Waals surface area contributed by atoms with E-state index in [1.165, 1.54) is 11.8 Å². The van der Waals surface area contributed by atoms with Crippen molar-refractivity contribution in [2.75, 3.05) is 12.5 Å². The predicted molar refractivity (Wildman–Crippen MR) is 44.5 cm³/mol. The van der Waals surface area contributed by atoms with Crippen LogP contribution in [0.1, 0.15) is 6.92 Å². The Morgan fingerprint density at radius 1 is 1.67 bits per heavy atom. The summed E-state index contributed by atoms with van der Waals surface area (Å²) in [5.74, 6) is 0. The molecule has 0 aliphatic heterocycles. The van der Waals surface area contributed by atoms with Crippen LogP contribution in [0.4, 0.5) is 0 Å². The maximum Gasteiger partial charge on any atom is 0.0895 e. The summed E-state index contributed by atoms with van der Waals surface area (Å²) in [6, 6.07) is 0. The molecule has 4 heteroatoms. The lowest BCUT2D eigenvalue weighted by atomic mass is 10.6. The van der Waals surface area contributed by atoms with Crippen molar-refractivity contribution in [2.45, 2.75) is 6.92 Å². The molecular formula is C5H11NOS2. The number of hydrogen-bond donors (Lipinski definition) is 1. The van der Waals surface area contributed by atoms with Gasteiger partial charge in [-0.1, -0.05) is 0 Å². The topological polar surface area (TPSA) is 43.1 Å². The first-order valence-electron chi connectivity index (χ1n) is 2.43. The van der Waals surface area contributed by atoms with Crippen molar-refractivity contribution in [3.8, 4) is 0 Å². The highest BCUT2D eigenvalue weighted by atomic mass is 32.2. The lowest BCUT2D eigenvalue weighted by Crippen LogP contribution is -1.99. The average molecular weight is 165 g/mol. The number of rotatable bonds is 2. The normalized spacial score (nSPS) is 16.8. The smallest absolute Gasteiger partial charge is 0.0895 e. The fourth-order valence-electron chi connectivity index (χ4n) is 0.505. The standard InChI is InChI=1S/C5H11NOS2/c1-4(6)5(8-2)9(3)7/h6H2,1-3H3/b5-4-. The van der Waals surface area contributed by atoms with Gasteiger partial charge in [0.15, 0.2) is 0 Å². The Morgan fingerprint density at radius 3 is 2.11 bits per heavy atom. The van der Waals surface area contributed by atoms with Crippen molar-refractivity contribution < 1.29 is 4.21 Å². The second kappa shape index (κ2) is 3.95. The molecule has 0 aliphatic rings. The van der Waals surface area contributed by atoms with Crippen LogP contribution < -0.4 is 5.73 Å². The zero-order valence-electron chi connectivity index (χ0n) is 5.80. The van der Waals surface area contributed by atoms with Crippen molar-refractivity contribution in [3.63, 3.8) is 0 Å². The summed E-state index contributed by atoms with van der Waals surface area (Å²) in [5, 5.41) is 0. The first kappa shape index (κ1) is 9.04. The van der Waals surface area contributed by atoms with Gasteiger partial charge in [-0.3, -0.25) is 4.21 Å². The molecule has 0 radical (unpaired) electrons. The highest BCUT2D eigenvalue weighted by molar-refractivity contribution is 8.15. The molecule has 0 aromatic heterocycles. The van der Waals surface area contributed by atoms with Gasteiger partial charge >= 0.3 is 0 Å². The molecule has 2 N–H and O–H groups in total. The molecule has 0 saturated heterocycles. The van der Waals surface area contributed by atoms with E-state index in [2.05, 4.69) is 0 Å². The third-order valence-electron chi connectivity index (χ3n) is 0.768. The number of allylic oxidation sites excluding steroid dienone is 1. The molecule has 0 rings (SSSR count). The van der Waals surface area contributed by atoms with Gasteiger partial charge in [-0.2, -0.15) is 0 Å². The quantitative estimate of drug-likeness (QED) is 0.660. The SMILES string of the molecule is CS/C(=C(\C)N)S(C)=O. The molecule has 0 aliphatic carbocycles. The summed E-state index contributed by atoms with van der Waals surface area (Å²) in [7, 11) is -0.916. The molecule has 0 amide bonds. The highest BCUT2D eigenvalue weighted by Gasteiger charge is 2.00. The Morgan fingerprint density at radius 2 is 2.11 bits per heavy atom. The molecule has 2 nitrogen and oxygen atoms in total. The van der Waals surface area contributed by atoms with Gasteiger partial charge in [0.25, 0.3) is 0 Å². The molecule has 0 aromatic carbocycles. The molecule has 9 heavy (non-hydrogen) atoms. The largest absolute Gasteiger partial charge is 0.401 e. The van der Waals surface area contributed by atoms with E-state index in [-0.39, 0.29) is 0 Å². The Labute approximate surface area is 62.3 Å². The van der Waals surface area contributed by atoms with E-state index in [1.807, 2.05) is 6.26 Å². The maximum atomic E-state index is 10.8. The van der Waals surface area contributed by atoms with Crippen LogP contribution in [-0.2, 0) is 10.8 Å². The van der Waals surface area contributed by atoms with E-state index in [4.69, 9.17) is 5.73 Å². The number of nitrogens with two attached hydrogens (primary N) is 1. The van der Waals surface area contributed by atoms with E-state index in [0.29, 0.717) is 5.70 Å². The molecule has 0 spiro atoms. The second-order valence-electron chi connectivity index (χ2n) is 1.63. The molecule has 0 aromatic rings. The van der Waals surface area contributed by atoms with Gasteiger partial charge in [-0.05, 0) is 13.2 Å². The van der Waals surface area contributed by atoms with Crippen LogP contribution in [-0.4, -0.2) is 16.7 Å². The first-order chi connectivity index (χ1) is 4.09. The first-order valence-corrected chi connectivity index (χ1v) is 5.21. The molecule has 54 valence electrons. The van der Waals surface area contributed by atoms with Crippen molar-refractivity contribution in [1.82, 2.24) is 0 Å². The Hall–Kier alpha value is 0.0400. The highest BCUT2D eigenvalue weighted by Crippen LogP contribution is 2.16. The van der Waals surface area contributed by atoms with E-state index in [1.54, 1.807) is 13.2 Å². The third kappa shape index (κ3) is 2.91. The summed E-state index contributed by atoms with van der Waals surface area (Å²) in [4.78, 5) is 0. The molecule has 0 heterocycles. The fourth-order valence-corrected chi connectivity index (χ4v) is 2.22. The zero-order chi connectivity index (χ0) is 7.44. The van der Waals surface area contributed by atoms with E-state index < -0.39 is 10.8 Å². The van der Waals surface area contributed by atoms with Gasteiger partial charge in [0.1, 0.15) is 0 Å². The Kier molecular flexibility index (Phi) is 3.97. The third-order valence-corrected chi connectivity index (χ3v) is 3.51. The van der Waals surface area contributed by atoms with Gasteiger partial charge in [-0.15, -0.1) is 11.8 Å². The predicted octanol–water partition coefficient (Wildman–Crippen LogP) is 0.876. The Balaban J connectivity index is 4.35. The van der Waals surface area contributed by atoms with Crippen molar-refractivity contribution in [3.05, 3.63) is 9.93 Å². The summed E-state index contributed by atoms with van der Waals surface area (Å²) >= 11 is 1.44. The van der Waals surface area contributed by atoms with Crippen LogP contribution in [0.2, 0.25) is 0 Å². The maximum absolute atomic E-state index is 10.8. The molecule has 0 fully saturated rings. The summed E-state index contributed by atoms with van der Waals surface area (Å²) < 4.78 is 11.5. The minimum atomic E-state index is -0.916. The molecule has 1 unspecified atom stereocenters. The minimum Gasteiger partial charge on any atom is -0.401 e. The summed E-state index contributed by atoms with van der Waals surface area (Å²) in [5.41, 5.74) is 6.07. The second-order valence-corrected chi connectivity index (χ2v) is 4.02. The minimum absolute atomic E-state index is 0.656. The van der Waals surface area contributed by atoms with E-state index in [0.717, 1.165) is 4.24 Å². The zero-order valence-corrected chi connectivity index (χ0v) is 7.44. The van der Waals surface area contributed by atoms with Crippen molar-refractivity contribution >= 4 is 22.6 Å². The molecule has 0 saturated carbocycles. The lowest BCUT2D eigenvalue weighted by molar-refractivity contribution is 0.691. The van der Waals surface area contributed by atoms with Crippen LogP contribution in [0.5, 0.6) is 0 Å². The van der Waals surface area contributed by atoms with Crippen molar-refractivity contribution in [1.29, 1.82) is 0 Å². The number of hydrogen-bond acceptors (Lipinski definition) is 3. The molecule has 0 bridgehead atoms. The fraction of sp³-hybridized carbons (Fsp3) is 0.600. The summed E-state index contributed by atoms with van der Waals surface area (Å²) in [6.07, 6.45) is 3.50. The monoisotopic (exact) mass is 165 g/mol. The lowest BCUT2D eigenvalue weighted by Gasteiger charge is -1.99. The van der Waals surface area contributed by atoms with Crippen LogP contribution >= 0.6 is 11.8 Å². The van der Waals surface area contributed by atoms with Crippen LogP contribution in [0.25, 0.3) is 0 Å². The van der Waals surface area contributed by atoms with Gasteiger partial charge in [0, 0.05) is 12.0 Å². The van der Waals surface area contributed by atoms with Crippen LogP contribution in [0.15, 0.2) is 9.93 Å². The van der Waals surface area contributed by atoms with Crippen LogP contribution in [0, 0.1) is 0 Å². The van der Waals surface area contributed by atoms with Gasteiger partial charge < -0.3 is 5.73 Å².